The van der Waals surface area contributed by atoms with Crippen LogP contribution in [0.1, 0.15) is 0 Å². The fourth-order valence-electron chi connectivity index (χ4n) is 2.71. The standard InChI is InChI=1S/C19H18N6O2/c26-12-16(27)11-21-15-3-1-2-14(10-15)17-4-5-18-22-23-19(25(18)24-17)13-6-8-20-9-7-13/h1-10,16,21,26-27H,11-12H2. The van der Waals surface area contributed by atoms with E-state index in [9.17, 15) is 5.11 Å². The molecule has 0 saturated carbocycles. The lowest BCUT2D eigenvalue weighted by molar-refractivity contribution is 0.105. The summed E-state index contributed by atoms with van der Waals surface area (Å²) in [5.41, 5.74) is 4.06. The monoisotopic (exact) mass is 362 g/mol. The smallest absolute Gasteiger partial charge is 0.185 e. The number of nitrogens with one attached hydrogen (secondary N) is 1. The molecule has 0 bridgehead atoms. The van der Waals surface area contributed by atoms with Crippen LogP contribution in [0, 0.1) is 0 Å². The van der Waals surface area contributed by atoms with E-state index in [0.29, 0.717) is 11.5 Å². The van der Waals surface area contributed by atoms with Crippen LogP contribution in [-0.2, 0) is 0 Å². The molecule has 1 unspecified atom stereocenters. The number of nitrogens with zero attached hydrogens (tertiary/aromatic N) is 5. The van der Waals surface area contributed by atoms with Gasteiger partial charge in [0.2, 0.25) is 0 Å². The summed E-state index contributed by atoms with van der Waals surface area (Å²) < 4.78 is 1.71. The highest BCUT2D eigenvalue weighted by molar-refractivity contribution is 5.67. The Morgan fingerprint density at radius 3 is 2.67 bits per heavy atom. The highest BCUT2D eigenvalue weighted by Crippen LogP contribution is 2.23. The van der Waals surface area contributed by atoms with E-state index in [-0.39, 0.29) is 13.2 Å². The molecule has 8 nitrogen and oxygen atoms in total. The van der Waals surface area contributed by atoms with Crippen LogP contribution in [0.2, 0.25) is 0 Å². The minimum atomic E-state index is -0.803. The van der Waals surface area contributed by atoms with E-state index in [2.05, 4.69) is 25.6 Å². The van der Waals surface area contributed by atoms with Crippen LogP contribution in [0.15, 0.2) is 60.9 Å². The van der Waals surface area contributed by atoms with Crippen molar-refractivity contribution in [2.45, 2.75) is 6.10 Å². The topological polar surface area (TPSA) is 108 Å². The molecule has 1 atom stereocenters. The third-order valence-electron chi connectivity index (χ3n) is 4.11. The molecule has 0 aliphatic carbocycles. The molecule has 8 heteroatoms. The number of benzene rings is 1. The average Bonchev–Trinajstić information content (AvgIpc) is 3.16. The van der Waals surface area contributed by atoms with Gasteiger partial charge >= 0.3 is 0 Å². The van der Waals surface area contributed by atoms with Crippen molar-refractivity contribution in [1.82, 2.24) is 24.8 Å². The Kier molecular flexibility index (Phi) is 4.73. The van der Waals surface area contributed by atoms with Gasteiger partial charge in [-0.3, -0.25) is 4.98 Å². The van der Waals surface area contributed by atoms with Gasteiger partial charge in [0.1, 0.15) is 0 Å². The second kappa shape index (κ2) is 7.48. The number of aliphatic hydroxyl groups is 2. The van der Waals surface area contributed by atoms with Crippen LogP contribution < -0.4 is 5.32 Å². The Balaban J connectivity index is 1.68. The Bertz CT molecular complexity index is 1050. The number of hydrogen-bond donors (Lipinski definition) is 3. The number of fused-ring (bicyclic) bond motifs is 1. The molecule has 0 spiro atoms. The van der Waals surface area contributed by atoms with Crippen molar-refractivity contribution in [1.29, 1.82) is 0 Å². The van der Waals surface area contributed by atoms with Gasteiger partial charge < -0.3 is 15.5 Å². The van der Waals surface area contributed by atoms with Crippen LogP contribution in [0.25, 0.3) is 28.3 Å². The zero-order chi connectivity index (χ0) is 18.6. The first-order valence-corrected chi connectivity index (χ1v) is 8.50. The van der Waals surface area contributed by atoms with Crippen molar-refractivity contribution < 1.29 is 10.2 Å². The number of rotatable bonds is 6. The molecule has 27 heavy (non-hydrogen) atoms. The molecule has 3 heterocycles. The summed E-state index contributed by atoms with van der Waals surface area (Å²) in [5, 5.41) is 34.6. The van der Waals surface area contributed by atoms with Gasteiger partial charge in [0.15, 0.2) is 11.5 Å². The molecule has 3 N–H and O–H groups in total. The maximum atomic E-state index is 9.49. The van der Waals surface area contributed by atoms with E-state index in [4.69, 9.17) is 5.11 Å². The van der Waals surface area contributed by atoms with Gasteiger partial charge in [0.25, 0.3) is 0 Å². The molecule has 0 amide bonds. The minimum absolute atomic E-state index is 0.268. The molecule has 0 aliphatic heterocycles. The van der Waals surface area contributed by atoms with Crippen LogP contribution in [0.4, 0.5) is 5.69 Å². The predicted octanol–water partition coefficient (Wildman–Crippen LogP) is 1.62. The van der Waals surface area contributed by atoms with Gasteiger partial charge in [0, 0.05) is 35.8 Å². The van der Waals surface area contributed by atoms with Crippen molar-refractivity contribution in [3.8, 4) is 22.6 Å². The number of anilines is 1. The van der Waals surface area contributed by atoms with Crippen LogP contribution in [-0.4, -0.2) is 54.3 Å². The summed E-state index contributed by atoms with van der Waals surface area (Å²) in [4.78, 5) is 4.03. The molecule has 4 rings (SSSR count). The summed E-state index contributed by atoms with van der Waals surface area (Å²) in [6, 6.07) is 15.2. The lowest BCUT2D eigenvalue weighted by Crippen LogP contribution is -2.22. The normalized spacial score (nSPS) is 12.2. The quantitative estimate of drug-likeness (QED) is 0.478. The molecular weight excluding hydrogens is 344 g/mol. The zero-order valence-electron chi connectivity index (χ0n) is 14.4. The molecule has 4 aromatic rings. The molecule has 0 radical (unpaired) electrons. The average molecular weight is 362 g/mol. The third kappa shape index (κ3) is 3.62. The number of hydrogen-bond acceptors (Lipinski definition) is 7. The summed E-state index contributed by atoms with van der Waals surface area (Å²) in [7, 11) is 0. The van der Waals surface area contributed by atoms with E-state index in [1.165, 1.54) is 0 Å². The van der Waals surface area contributed by atoms with Crippen molar-refractivity contribution in [3.05, 3.63) is 60.9 Å². The summed E-state index contributed by atoms with van der Waals surface area (Å²) >= 11 is 0. The maximum absolute atomic E-state index is 9.49. The van der Waals surface area contributed by atoms with Gasteiger partial charge in [-0.25, -0.2) is 0 Å². The fourth-order valence-corrected chi connectivity index (χ4v) is 2.71. The van der Waals surface area contributed by atoms with E-state index in [0.717, 1.165) is 22.5 Å². The van der Waals surface area contributed by atoms with Gasteiger partial charge in [-0.15, -0.1) is 10.2 Å². The number of aromatic nitrogens is 5. The Morgan fingerprint density at radius 1 is 1.00 bits per heavy atom. The highest BCUT2D eigenvalue weighted by Gasteiger charge is 2.11. The SMILES string of the molecule is OCC(O)CNc1cccc(-c2ccc3nnc(-c4ccncc4)n3n2)c1. The summed E-state index contributed by atoms with van der Waals surface area (Å²) in [6.45, 7) is -0.0135. The third-order valence-corrected chi connectivity index (χ3v) is 4.11. The Labute approximate surface area is 155 Å². The molecule has 0 fully saturated rings. The Hall–Kier alpha value is -3.36. The second-order valence-corrected chi connectivity index (χ2v) is 6.05. The predicted molar refractivity (Wildman–Crippen MR) is 101 cm³/mol. The van der Waals surface area contributed by atoms with Gasteiger partial charge in [0.05, 0.1) is 18.4 Å². The fraction of sp³-hybridized carbons (Fsp3) is 0.158. The first-order chi connectivity index (χ1) is 13.2. The van der Waals surface area contributed by atoms with Gasteiger partial charge in [-0.05, 0) is 36.4 Å². The summed E-state index contributed by atoms with van der Waals surface area (Å²) in [5.74, 6) is 0.648. The largest absolute Gasteiger partial charge is 0.394 e. The van der Waals surface area contributed by atoms with E-state index in [1.807, 2.05) is 48.5 Å². The van der Waals surface area contributed by atoms with Crippen LogP contribution in [0.5, 0.6) is 0 Å². The van der Waals surface area contributed by atoms with Gasteiger partial charge in [-0.1, -0.05) is 12.1 Å². The molecule has 0 aliphatic rings. The van der Waals surface area contributed by atoms with Crippen molar-refractivity contribution in [2.24, 2.45) is 0 Å². The van der Waals surface area contributed by atoms with E-state index in [1.54, 1.807) is 16.9 Å². The summed E-state index contributed by atoms with van der Waals surface area (Å²) in [6.07, 6.45) is 2.61. The first kappa shape index (κ1) is 17.1. The molecule has 3 aromatic heterocycles. The van der Waals surface area contributed by atoms with E-state index < -0.39 is 6.10 Å². The number of aliphatic hydroxyl groups excluding tert-OH is 2. The van der Waals surface area contributed by atoms with Gasteiger partial charge in [-0.2, -0.15) is 9.61 Å². The lowest BCUT2D eigenvalue weighted by atomic mass is 10.1. The molecule has 0 saturated heterocycles. The van der Waals surface area contributed by atoms with Crippen molar-refractivity contribution >= 4 is 11.3 Å². The van der Waals surface area contributed by atoms with Crippen molar-refractivity contribution in [3.63, 3.8) is 0 Å². The highest BCUT2D eigenvalue weighted by atomic mass is 16.3. The molecule has 136 valence electrons. The lowest BCUT2D eigenvalue weighted by Gasteiger charge is -2.11. The second-order valence-electron chi connectivity index (χ2n) is 6.05. The molecule has 1 aromatic carbocycles. The number of pyridine rings is 1. The van der Waals surface area contributed by atoms with E-state index >= 15 is 0 Å². The van der Waals surface area contributed by atoms with Crippen LogP contribution in [0.3, 0.4) is 0 Å². The Morgan fingerprint density at radius 2 is 1.85 bits per heavy atom. The maximum Gasteiger partial charge on any atom is 0.185 e. The molecular formula is C19H18N6O2. The first-order valence-electron chi connectivity index (χ1n) is 8.50. The van der Waals surface area contributed by atoms with Crippen molar-refractivity contribution in [2.75, 3.05) is 18.5 Å². The van der Waals surface area contributed by atoms with Crippen LogP contribution >= 0.6 is 0 Å². The minimum Gasteiger partial charge on any atom is -0.394 e. The zero-order valence-corrected chi connectivity index (χ0v) is 14.4.